The summed E-state index contributed by atoms with van der Waals surface area (Å²) in [7, 11) is 0. The second kappa shape index (κ2) is 5.32. The highest BCUT2D eigenvalue weighted by Crippen LogP contribution is 2.69. The van der Waals surface area contributed by atoms with Crippen molar-refractivity contribution in [3.8, 4) is 6.07 Å². The molecule has 4 nitrogen and oxygen atoms in total. The van der Waals surface area contributed by atoms with Crippen molar-refractivity contribution in [3.05, 3.63) is 63.6 Å². The van der Waals surface area contributed by atoms with Crippen LogP contribution in [0.1, 0.15) is 24.0 Å². The fourth-order valence-corrected chi connectivity index (χ4v) is 4.39. The molecule has 1 aliphatic heterocycles. The quantitative estimate of drug-likeness (QED) is 0.745. The molecule has 2 fully saturated rings. The Kier molecular flexibility index (Phi) is 3.44. The van der Waals surface area contributed by atoms with Crippen molar-refractivity contribution in [2.75, 3.05) is 4.90 Å². The molecule has 1 saturated heterocycles. The fourth-order valence-electron chi connectivity index (χ4n) is 3.87. The predicted octanol–water partition coefficient (Wildman–Crippen LogP) is 4.16. The van der Waals surface area contributed by atoms with E-state index in [4.69, 9.17) is 28.5 Å². The standard InChI is InChI=1S/C19H12Cl2N2O2/c1-19-15(11-4-2-10(9-22)3-5-11)16(19)17(24)23(18(19)25)14-7-12(20)6-13(21)8-14/h2-8,15-16H,1H3/t15-,16?,19-/m1/s1. The zero-order chi connectivity index (χ0) is 17.9. The number of carbonyl (C=O) groups is 2. The van der Waals surface area contributed by atoms with E-state index >= 15 is 0 Å². The number of carbonyl (C=O) groups excluding carboxylic acids is 2. The Bertz CT molecular complexity index is 944. The Hall–Kier alpha value is -2.35. The van der Waals surface area contributed by atoms with Gasteiger partial charge in [0.1, 0.15) is 0 Å². The van der Waals surface area contributed by atoms with Crippen LogP contribution in [0.4, 0.5) is 5.69 Å². The van der Waals surface area contributed by atoms with E-state index < -0.39 is 11.3 Å². The summed E-state index contributed by atoms with van der Waals surface area (Å²) in [5.41, 5.74) is 1.09. The molecule has 124 valence electrons. The molecule has 0 radical (unpaired) electrons. The van der Waals surface area contributed by atoms with Crippen molar-refractivity contribution in [2.45, 2.75) is 12.8 Å². The number of hydrogen-bond donors (Lipinski definition) is 0. The Morgan fingerprint density at radius 2 is 1.64 bits per heavy atom. The molecule has 1 aliphatic carbocycles. The minimum Gasteiger partial charge on any atom is -0.274 e. The number of halogens is 2. The summed E-state index contributed by atoms with van der Waals surface area (Å²) in [5.74, 6) is -1.03. The lowest BCUT2D eigenvalue weighted by molar-refractivity contribution is -0.125. The number of anilines is 1. The van der Waals surface area contributed by atoms with E-state index in [9.17, 15) is 9.59 Å². The van der Waals surface area contributed by atoms with Crippen molar-refractivity contribution in [2.24, 2.45) is 11.3 Å². The van der Waals surface area contributed by atoms with Crippen LogP contribution < -0.4 is 4.90 Å². The van der Waals surface area contributed by atoms with Crippen molar-refractivity contribution in [1.29, 1.82) is 5.26 Å². The highest BCUT2D eigenvalue weighted by Gasteiger charge is 2.76. The smallest absolute Gasteiger partial charge is 0.241 e. The summed E-state index contributed by atoms with van der Waals surface area (Å²) in [5, 5.41) is 9.64. The summed E-state index contributed by atoms with van der Waals surface area (Å²) in [6.07, 6.45) is 0. The molecule has 4 rings (SSSR count). The minimum absolute atomic E-state index is 0.161. The van der Waals surface area contributed by atoms with Crippen LogP contribution >= 0.6 is 23.2 Å². The molecule has 2 aromatic rings. The zero-order valence-electron chi connectivity index (χ0n) is 13.2. The van der Waals surface area contributed by atoms with Crippen LogP contribution in [0.5, 0.6) is 0 Å². The van der Waals surface area contributed by atoms with E-state index in [1.54, 1.807) is 30.3 Å². The van der Waals surface area contributed by atoms with Crippen LogP contribution in [0.25, 0.3) is 0 Å². The predicted molar refractivity (Wildman–Crippen MR) is 94.5 cm³/mol. The van der Waals surface area contributed by atoms with Gasteiger partial charge in [0.25, 0.3) is 0 Å². The first-order chi connectivity index (χ1) is 11.9. The molecule has 25 heavy (non-hydrogen) atoms. The monoisotopic (exact) mass is 370 g/mol. The maximum atomic E-state index is 13.0. The molecule has 2 amide bonds. The average Bonchev–Trinajstić information content (AvgIpc) is 3.15. The second-order valence-electron chi connectivity index (χ2n) is 6.58. The van der Waals surface area contributed by atoms with Crippen LogP contribution in [0, 0.1) is 22.7 Å². The van der Waals surface area contributed by atoms with Gasteiger partial charge < -0.3 is 0 Å². The molecular formula is C19H12Cl2N2O2. The van der Waals surface area contributed by atoms with Gasteiger partial charge in [-0.1, -0.05) is 35.3 Å². The van der Waals surface area contributed by atoms with Gasteiger partial charge in [0, 0.05) is 16.0 Å². The largest absolute Gasteiger partial charge is 0.274 e. The number of hydrogen-bond acceptors (Lipinski definition) is 3. The van der Waals surface area contributed by atoms with Gasteiger partial charge in [-0.15, -0.1) is 0 Å². The molecule has 2 aromatic carbocycles. The number of nitriles is 1. The molecule has 1 heterocycles. The molecule has 0 spiro atoms. The third-order valence-corrected chi connectivity index (χ3v) is 5.61. The Labute approximate surface area is 154 Å². The van der Waals surface area contributed by atoms with E-state index in [0.717, 1.165) is 5.56 Å². The van der Waals surface area contributed by atoms with Gasteiger partial charge in [0.05, 0.1) is 28.7 Å². The van der Waals surface area contributed by atoms with Crippen LogP contribution in [0.2, 0.25) is 10.0 Å². The van der Waals surface area contributed by atoms with Crippen molar-refractivity contribution < 1.29 is 9.59 Å². The van der Waals surface area contributed by atoms with Gasteiger partial charge in [0.15, 0.2) is 0 Å². The van der Waals surface area contributed by atoms with Gasteiger partial charge in [-0.25, -0.2) is 4.90 Å². The molecule has 2 aliphatic rings. The van der Waals surface area contributed by atoms with E-state index in [1.807, 2.05) is 19.1 Å². The average molecular weight is 371 g/mol. The third kappa shape index (κ3) is 2.20. The number of amides is 2. The van der Waals surface area contributed by atoms with E-state index in [2.05, 4.69) is 6.07 Å². The SMILES string of the molecule is C[C@]12C(=O)N(c3cc(Cl)cc(Cl)c3)C(=O)C1[C@H]2c1ccc(C#N)cc1. The van der Waals surface area contributed by atoms with E-state index in [1.165, 1.54) is 4.90 Å². The van der Waals surface area contributed by atoms with Gasteiger partial charge in [-0.2, -0.15) is 5.26 Å². The number of imide groups is 1. The number of rotatable bonds is 2. The molecule has 1 unspecified atom stereocenters. The molecule has 3 atom stereocenters. The maximum Gasteiger partial charge on any atom is 0.241 e. The first-order valence-corrected chi connectivity index (χ1v) is 8.48. The van der Waals surface area contributed by atoms with Gasteiger partial charge in [-0.05, 0) is 42.8 Å². The highest BCUT2D eigenvalue weighted by atomic mass is 35.5. The highest BCUT2D eigenvalue weighted by molar-refractivity contribution is 6.36. The van der Waals surface area contributed by atoms with E-state index in [-0.39, 0.29) is 17.7 Å². The number of benzene rings is 2. The molecule has 0 bridgehead atoms. The summed E-state index contributed by atoms with van der Waals surface area (Å²) in [4.78, 5) is 27.0. The first kappa shape index (κ1) is 16.1. The molecule has 0 N–H and O–H groups in total. The lowest BCUT2D eigenvalue weighted by atomic mass is 9.99. The summed E-state index contributed by atoms with van der Waals surface area (Å²) in [6, 6.07) is 13.8. The van der Waals surface area contributed by atoms with Crippen molar-refractivity contribution in [1.82, 2.24) is 0 Å². The fraction of sp³-hybridized carbons (Fsp3) is 0.211. The normalized spacial score (nSPS) is 27.2. The van der Waals surface area contributed by atoms with Crippen LogP contribution in [0.3, 0.4) is 0 Å². The Morgan fingerprint density at radius 3 is 2.12 bits per heavy atom. The van der Waals surface area contributed by atoms with Crippen LogP contribution in [0.15, 0.2) is 42.5 Å². The summed E-state index contributed by atoms with van der Waals surface area (Å²) >= 11 is 12.0. The van der Waals surface area contributed by atoms with Crippen LogP contribution in [-0.4, -0.2) is 11.8 Å². The van der Waals surface area contributed by atoms with Gasteiger partial charge >= 0.3 is 0 Å². The van der Waals surface area contributed by atoms with Gasteiger partial charge in [0.2, 0.25) is 11.8 Å². The molecule has 0 aromatic heterocycles. The first-order valence-electron chi connectivity index (χ1n) is 7.72. The van der Waals surface area contributed by atoms with Crippen molar-refractivity contribution >= 4 is 40.7 Å². The minimum atomic E-state index is -0.764. The topological polar surface area (TPSA) is 61.2 Å². The molecule has 1 saturated carbocycles. The van der Waals surface area contributed by atoms with Crippen molar-refractivity contribution in [3.63, 3.8) is 0 Å². The van der Waals surface area contributed by atoms with E-state index in [0.29, 0.717) is 21.3 Å². The molecule has 6 heteroatoms. The Balaban J connectivity index is 1.68. The summed E-state index contributed by atoms with van der Waals surface area (Å²) in [6.45, 7) is 1.81. The lowest BCUT2D eigenvalue weighted by Gasteiger charge is -2.21. The lowest BCUT2D eigenvalue weighted by Crippen LogP contribution is -2.36. The summed E-state index contributed by atoms with van der Waals surface area (Å²) < 4.78 is 0. The number of fused-ring (bicyclic) bond motifs is 1. The van der Waals surface area contributed by atoms with Crippen LogP contribution in [-0.2, 0) is 9.59 Å². The number of nitrogens with zero attached hydrogens (tertiary/aromatic N) is 2. The third-order valence-electron chi connectivity index (χ3n) is 5.17. The number of piperidine rings is 1. The van der Waals surface area contributed by atoms with Gasteiger partial charge in [-0.3, -0.25) is 9.59 Å². The Morgan fingerprint density at radius 1 is 1.04 bits per heavy atom. The molecular weight excluding hydrogens is 359 g/mol. The second-order valence-corrected chi connectivity index (χ2v) is 7.45. The zero-order valence-corrected chi connectivity index (χ0v) is 14.7. The maximum absolute atomic E-state index is 13.0.